The van der Waals surface area contributed by atoms with Crippen LogP contribution < -0.4 is 10.6 Å². The van der Waals surface area contributed by atoms with Crippen molar-refractivity contribution in [3.63, 3.8) is 0 Å². The molecule has 0 aliphatic heterocycles. The van der Waals surface area contributed by atoms with Gasteiger partial charge in [0.25, 0.3) is 0 Å². The lowest BCUT2D eigenvalue weighted by atomic mass is 9.77. The highest BCUT2D eigenvalue weighted by Crippen LogP contribution is 2.35. The van der Waals surface area contributed by atoms with Gasteiger partial charge in [0.1, 0.15) is 17.5 Å². The van der Waals surface area contributed by atoms with Gasteiger partial charge in [-0.15, -0.1) is 0 Å². The smallest absolute Gasteiger partial charge is 0.135 e. The van der Waals surface area contributed by atoms with Crippen LogP contribution in [-0.4, -0.2) is 34.3 Å². The topological polar surface area (TPSA) is 70.1 Å². The molecular formula is C13H22N4O. The minimum absolute atomic E-state index is 0.160. The van der Waals surface area contributed by atoms with Gasteiger partial charge in [0.05, 0.1) is 12.1 Å². The third-order valence-corrected chi connectivity index (χ3v) is 3.74. The van der Waals surface area contributed by atoms with Crippen LogP contribution in [0.4, 0.5) is 11.6 Å². The molecule has 0 amide bonds. The van der Waals surface area contributed by atoms with Crippen LogP contribution in [0, 0.1) is 6.92 Å². The van der Waals surface area contributed by atoms with E-state index in [2.05, 4.69) is 20.6 Å². The summed E-state index contributed by atoms with van der Waals surface area (Å²) < 4.78 is 0. The zero-order valence-corrected chi connectivity index (χ0v) is 11.4. The number of anilines is 2. The summed E-state index contributed by atoms with van der Waals surface area (Å²) in [5.41, 5.74) is 0.837. The third-order valence-electron chi connectivity index (χ3n) is 3.74. The lowest BCUT2D eigenvalue weighted by Crippen LogP contribution is -2.48. The molecule has 18 heavy (non-hydrogen) atoms. The largest absolute Gasteiger partial charge is 0.394 e. The minimum atomic E-state index is -0.171. The fourth-order valence-corrected chi connectivity index (χ4v) is 2.26. The maximum Gasteiger partial charge on any atom is 0.135 e. The van der Waals surface area contributed by atoms with Crippen molar-refractivity contribution in [2.45, 2.75) is 45.1 Å². The van der Waals surface area contributed by atoms with Gasteiger partial charge in [0.15, 0.2) is 0 Å². The average Bonchev–Trinajstić information content (AvgIpc) is 2.35. The molecule has 5 nitrogen and oxygen atoms in total. The Bertz CT molecular complexity index is 424. The van der Waals surface area contributed by atoms with E-state index >= 15 is 0 Å². The van der Waals surface area contributed by atoms with Crippen molar-refractivity contribution in [1.82, 2.24) is 9.97 Å². The maximum absolute atomic E-state index is 9.52. The summed E-state index contributed by atoms with van der Waals surface area (Å²) in [7, 11) is 1.86. The van der Waals surface area contributed by atoms with Crippen LogP contribution in [0.5, 0.6) is 0 Å². The minimum Gasteiger partial charge on any atom is -0.394 e. The first-order valence-corrected chi connectivity index (χ1v) is 6.58. The lowest BCUT2D eigenvalue weighted by Gasteiger charge is -2.41. The van der Waals surface area contributed by atoms with Gasteiger partial charge >= 0.3 is 0 Å². The molecule has 0 saturated heterocycles. The van der Waals surface area contributed by atoms with Gasteiger partial charge < -0.3 is 15.7 Å². The van der Waals surface area contributed by atoms with E-state index < -0.39 is 0 Å². The highest BCUT2D eigenvalue weighted by Gasteiger charge is 2.37. The molecule has 0 aromatic carbocycles. The number of aliphatic hydroxyl groups is 1. The molecule has 1 heterocycles. The molecule has 2 rings (SSSR count). The molecule has 0 bridgehead atoms. The number of nitrogens with one attached hydrogen (secondary N) is 2. The molecule has 0 radical (unpaired) electrons. The van der Waals surface area contributed by atoms with Crippen LogP contribution in [0.25, 0.3) is 0 Å². The second-order valence-electron chi connectivity index (χ2n) is 4.98. The first-order valence-electron chi connectivity index (χ1n) is 6.58. The number of hydrogen-bond donors (Lipinski definition) is 3. The van der Waals surface area contributed by atoms with Crippen molar-refractivity contribution in [2.24, 2.45) is 0 Å². The molecule has 1 aromatic heterocycles. The van der Waals surface area contributed by atoms with E-state index in [1.54, 1.807) is 0 Å². The predicted octanol–water partition coefficient (Wildman–Crippen LogP) is 1.72. The van der Waals surface area contributed by atoms with Crippen LogP contribution in [0.1, 0.15) is 37.6 Å². The molecule has 1 aliphatic carbocycles. The fourth-order valence-electron chi connectivity index (χ4n) is 2.26. The number of aryl methyl sites for hydroxylation is 1. The Balaban J connectivity index is 2.31. The second kappa shape index (κ2) is 5.10. The van der Waals surface area contributed by atoms with Crippen LogP contribution >= 0.6 is 0 Å². The zero-order chi connectivity index (χ0) is 13.2. The third kappa shape index (κ3) is 2.27. The maximum atomic E-state index is 9.52. The summed E-state index contributed by atoms with van der Waals surface area (Å²) in [6, 6.07) is 0. The van der Waals surface area contributed by atoms with Crippen molar-refractivity contribution in [3.05, 3.63) is 11.4 Å². The number of hydrogen-bond acceptors (Lipinski definition) is 5. The standard InChI is InChI=1S/C13H22N4O/c1-4-10-15-11(14-3)9(2)12(16-10)17-13(8-18)6-5-7-13/h18H,4-8H2,1-3H3,(H2,14,15,16,17). The van der Waals surface area contributed by atoms with Crippen molar-refractivity contribution >= 4 is 11.6 Å². The Hall–Kier alpha value is -1.36. The van der Waals surface area contributed by atoms with Crippen molar-refractivity contribution < 1.29 is 5.11 Å². The number of aliphatic hydroxyl groups excluding tert-OH is 1. The Morgan fingerprint density at radius 1 is 1.28 bits per heavy atom. The fraction of sp³-hybridized carbons (Fsp3) is 0.692. The van der Waals surface area contributed by atoms with Gasteiger partial charge in [-0.05, 0) is 26.2 Å². The molecular weight excluding hydrogens is 228 g/mol. The van der Waals surface area contributed by atoms with Crippen molar-refractivity contribution in [3.8, 4) is 0 Å². The van der Waals surface area contributed by atoms with Crippen molar-refractivity contribution in [2.75, 3.05) is 24.3 Å². The highest BCUT2D eigenvalue weighted by molar-refractivity contribution is 5.58. The zero-order valence-electron chi connectivity index (χ0n) is 11.4. The molecule has 1 fully saturated rings. The Kier molecular flexibility index (Phi) is 3.71. The van der Waals surface area contributed by atoms with E-state index in [-0.39, 0.29) is 12.1 Å². The first-order chi connectivity index (χ1) is 8.64. The normalized spacial score (nSPS) is 17.1. The number of aromatic nitrogens is 2. The molecule has 100 valence electrons. The Morgan fingerprint density at radius 3 is 2.39 bits per heavy atom. The lowest BCUT2D eigenvalue weighted by molar-refractivity contribution is 0.143. The van der Waals surface area contributed by atoms with Crippen LogP contribution in [0.2, 0.25) is 0 Å². The van der Waals surface area contributed by atoms with Crippen LogP contribution in [0.3, 0.4) is 0 Å². The van der Waals surface area contributed by atoms with Gasteiger partial charge in [-0.25, -0.2) is 9.97 Å². The summed E-state index contributed by atoms with van der Waals surface area (Å²) in [5, 5.41) is 16.0. The van der Waals surface area contributed by atoms with Gasteiger partial charge in [-0.2, -0.15) is 0 Å². The molecule has 1 saturated carbocycles. The van der Waals surface area contributed by atoms with Gasteiger partial charge in [0.2, 0.25) is 0 Å². The van der Waals surface area contributed by atoms with E-state index in [1.807, 2.05) is 20.9 Å². The molecule has 3 N–H and O–H groups in total. The number of rotatable bonds is 5. The summed E-state index contributed by atoms with van der Waals surface area (Å²) >= 11 is 0. The molecule has 0 atom stereocenters. The van der Waals surface area contributed by atoms with E-state index in [1.165, 1.54) is 0 Å². The van der Waals surface area contributed by atoms with E-state index in [4.69, 9.17) is 0 Å². The summed E-state index contributed by atoms with van der Waals surface area (Å²) in [6.45, 7) is 4.20. The summed E-state index contributed by atoms with van der Waals surface area (Å²) in [6.07, 6.45) is 3.97. The first kappa shape index (κ1) is 13.1. The van der Waals surface area contributed by atoms with Crippen LogP contribution in [0.15, 0.2) is 0 Å². The van der Waals surface area contributed by atoms with E-state index in [0.29, 0.717) is 0 Å². The van der Waals surface area contributed by atoms with Crippen LogP contribution in [-0.2, 0) is 6.42 Å². The molecule has 1 aromatic rings. The van der Waals surface area contributed by atoms with Gasteiger partial charge in [0, 0.05) is 19.0 Å². The van der Waals surface area contributed by atoms with E-state index in [0.717, 1.165) is 48.7 Å². The van der Waals surface area contributed by atoms with Crippen molar-refractivity contribution in [1.29, 1.82) is 0 Å². The predicted molar refractivity (Wildman–Crippen MR) is 73.0 cm³/mol. The molecule has 0 unspecified atom stereocenters. The SMILES string of the molecule is CCc1nc(NC)c(C)c(NC2(CO)CCC2)n1. The van der Waals surface area contributed by atoms with E-state index in [9.17, 15) is 5.11 Å². The average molecular weight is 250 g/mol. The quantitative estimate of drug-likeness (QED) is 0.742. The Labute approximate surface area is 108 Å². The van der Waals surface area contributed by atoms with Gasteiger partial charge in [-0.1, -0.05) is 6.92 Å². The number of nitrogens with zero attached hydrogens (tertiary/aromatic N) is 2. The highest BCUT2D eigenvalue weighted by atomic mass is 16.3. The molecule has 1 aliphatic rings. The van der Waals surface area contributed by atoms with Gasteiger partial charge in [-0.3, -0.25) is 0 Å². The second-order valence-corrected chi connectivity index (χ2v) is 4.98. The summed E-state index contributed by atoms with van der Waals surface area (Å²) in [4.78, 5) is 8.99. The monoisotopic (exact) mass is 250 g/mol. The molecule has 0 spiro atoms. The summed E-state index contributed by atoms with van der Waals surface area (Å²) in [5.74, 6) is 2.52. The molecule has 5 heteroatoms. The Morgan fingerprint density at radius 2 is 1.94 bits per heavy atom.